The standard InChI is InChI=1S/C19H28O2.Na.H/c1-18-9-7-13(20)11-12(18)3-4-14-15-5-6-17(21)19(15,2)10-8-16(14)18;;/h11,14-17,21H,3-10H2,1-2H3;;/q;+1;-1/t14-,15-,16-,17-,18-,19-;;/m0../s1. The summed E-state index contributed by atoms with van der Waals surface area (Å²) in [6.07, 6.45) is 10.7. The molecule has 0 saturated heterocycles. The molecule has 4 aliphatic carbocycles. The Morgan fingerprint density at radius 2 is 1.86 bits per heavy atom. The Bertz CT molecular complexity index is 519. The van der Waals surface area contributed by atoms with Crippen LogP contribution in [0, 0.1) is 28.6 Å². The monoisotopic (exact) mass is 312 g/mol. The zero-order valence-corrected chi connectivity index (χ0v) is 16.4. The van der Waals surface area contributed by atoms with Crippen LogP contribution in [0.5, 0.6) is 0 Å². The molecule has 0 spiro atoms. The summed E-state index contributed by atoms with van der Waals surface area (Å²) in [4.78, 5) is 11.8. The van der Waals surface area contributed by atoms with Gasteiger partial charge < -0.3 is 6.53 Å². The van der Waals surface area contributed by atoms with Gasteiger partial charge >= 0.3 is 29.6 Å². The largest absolute Gasteiger partial charge is 1.00 e. The summed E-state index contributed by atoms with van der Waals surface area (Å²) in [7, 11) is 0. The second kappa shape index (κ2) is 5.72. The van der Waals surface area contributed by atoms with E-state index in [0.29, 0.717) is 11.7 Å². The van der Waals surface area contributed by atoms with E-state index < -0.39 is 0 Å². The number of aliphatic hydroxyl groups excluding tert-OH is 1. The van der Waals surface area contributed by atoms with Crippen LogP contribution in [0.15, 0.2) is 11.6 Å². The molecule has 0 heterocycles. The van der Waals surface area contributed by atoms with Crippen molar-refractivity contribution >= 4 is 5.78 Å². The molecule has 0 amide bonds. The predicted octanol–water partition coefficient (Wildman–Crippen LogP) is 0.996. The molecule has 0 aliphatic heterocycles. The molecule has 118 valence electrons. The third-order valence-corrected chi connectivity index (χ3v) is 7.91. The van der Waals surface area contributed by atoms with Crippen LogP contribution in [-0.4, -0.2) is 17.0 Å². The van der Waals surface area contributed by atoms with Gasteiger partial charge in [0.2, 0.25) is 0 Å². The Balaban J connectivity index is 0.000000960. The van der Waals surface area contributed by atoms with E-state index in [1.165, 1.54) is 31.3 Å². The number of allylic oxidation sites excluding steroid dienone is 1. The fourth-order valence-corrected chi connectivity index (χ4v) is 6.53. The molecule has 3 saturated carbocycles. The van der Waals surface area contributed by atoms with E-state index >= 15 is 0 Å². The molecule has 0 aromatic rings. The Labute approximate surface area is 157 Å². The molecule has 4 rings (SSSR count). The minimum atomic E-state index is -0.0823. The SMILES string of the molecule is C[C@]12CC[C@H]3[C@@H](CCC4=CC(=O)CC[C@@]43C)[C@@H]1CC[C@@H]2O.[H-].[Na+]. The number of rotatable bonds is 0. The quantitative estimate of drug-likeness (QED) is 0.678. The third kappa shape index (κ3) is 2.24. The van der Waals surface area contributed by atoms with Crippen molar-refractivity contribution in [2.75, 3.05) is 0 Å². The van der Waals surface area contributed by atoms with Crippen LogP contribution in [0.4, 0.5) is 0 Å². The normalized spacial score (nSPS) is 50.3. The van der Waals surface area contributed by atoms with Gasteiger partial charge in [-0.05, 0) is 79.6 Å². The summed E-state index contributed by atoms with van der Waals surface area (Å²) in [6, 6.07) is 0. The van der Waals surface area contributed by atoms with Crippen molar-refractivity contribution in [3.63, 3.8) is 0 Å². The first-order valence-electron chi connectivity index (χ1n) is 8.87. The second-order valence-corrected chi connectivity index (χ2v) is 8.61. The maximum atomic E-state index is 11.8. The summed E-state index contributed by atoms with van der Waals surface area (Å²) >= 11 is 0. The van der Waals surface area contributed by atoms with E-state index in [1.807, 2.05) is 6.08 Å². The van der Waals surface area contributed by atoms with Crippen molar-refractivity contribution < 1.29 is 40.9 Å². The molecule has 0 bridgehead atoms. The smallest absolute Gasteiger partial charge is 1.00 e. The molecule has 0 aromatic carbocycles. The predicted molar refractivity (Wildman–Crippen MR) is 83.8 cm³/mol. The molecular formula is C19H29NaO2. The number of hydrogen-bond acceptors (Lipinski definition) is 2. The van der Waals surface area contributed by atoms with Gasteiger partial charge in [0.1, 0.15) is 0 Å². The number of hydrogen-bond donors (Lipinski definition) is 1. The molecule has 0 radical (unpaired) electrons. The second-order valence-electron chi connectivity index (χ2n) is 8.61. The summed E-state index contributed by atoms with van der Waals surface area (Å²) in [5.74, 6) is 2.57. The van der Waals surface area contributed by atoms with Crippen LogP contribution in [0.1, 0.15) is 66.6 Å². The minimum Gasteiger partial charge on any atom is -1.00 e. The molecule has 3 fully saturated rings. The van der Waals surface area contributed by atoms with Gasteiger partial charge in [-0.1, -0.05) is 19.4 Å². The van der Waals surface area contributed by atoms with Crippen LogP contribution in [0.3, 0.4) is 0 Å². The van der Waals surface area contributed by atoms with Crippen molar-refractivity contribution in [2.45, 2.75) is 71.3 Å². The van der Waals surface area contributed by atoms with Gasteiger partial charge in [-0.15, -0.1) is 0 Å². The number of aliphatic hydroxyl groups is 1. The van der Waals surface area contributed by atoms with Crippen molar-refractivity contribution in [3.8, 4) is 0 Å². The van der Waals surface area contributed by atoms with Crippen molar-refractivity contribution in [2.24, 2.45) is 28.6 Å². The van der Waals surface area contributed by atoms with E-state index in [0.717, 1.165) is 37.5 Å². The summed E-state index contributed by atoms with van der Waals surface area (Å²) in [6.45, 7) is 4.76. The molecule has 1 N–H and O–H groups in total. The Morgan fingerprint density at radius 3 is 2.64 bits per heavy atom. The average Bonchev–Trinajstić information content (AvgIpc) is 2.76. The Kier molecular flexibility index (Phi) is 4.47. The topological polar surface area (TPSA) is 37.3 Å². The number of carbonyl (C=O) groups excluding carboxylic acids is 1. The maximum absolute atomic E-state index is 11.8. The van der Waals surface area contributed by atoms with Crippen LogP contribution in [-0.2, 0) is 4.79 Å². The molecule has 22 heavy (non-hydrogen) atoms. The number of ketones is 1. The minimum absolute atomic E-state index is 0. The van der Waals surface area contributed by atoms with E-state index in [9.17, 15) is 9.90 Å². The van der Waals surface area contributed by atoms with Gasteiger partial charge in [-0.25, -0.2) is 0 Å². The van der Waals surface area contributed by atoms with E-state index in [2.05, 4.69) is 13.8 Å². The summed E-state index contributed by atoms with van der Waals surface area (Å²) in [5.41, 5.74) is 1.89. The van der Waals surface area contributed by atoms with E-state index in [-0.39, 0.29) is 47.9 Å². The zero-order chi connectivity index (χ0) is 14.8. The van der Waals surface area contributed by atoms with Crippen molar-refractivity contribution in [3.05, 3.63) is 11.6 Å². The van der Waals surface area contributed by atoms with Crippen molar-refractivity contribution in [1.82, 2.24) is 0 Å². The van der Waals surface area contributed by atoms with Gasteiger partial charge in [0.25, 0.3) is 0 Å². The summed E-state index contributed by atoms with van der Waals surface area (Å²) in [5, 5.41) is 10.4. The van der Waals surface area contributed by atoms with Gasteiger partial charge in [-0.3, -0.25) is 4.79 Å². The molecular weight excluding hydrogens is 283 g/mol. The molecule has 3 heteroatoms. The van der Waals surface area contributed by atoms with E-state index in [1.54, 1.807) is 0 Å². The van der Waals surface area contributed by atoms with Gasteiger partial charge in [0.15, 0.2) is 5.78 Å². The van der Waals surface area contributed by atoms with Crippen LogP contribution in [0.2, 0.25) is 0 Å². The van der Waals surface area contributed by atoms with Gasteiger partial charge in [0.05, 0.1) is 6.10 Å². The maximum Gasteiger partial charge on any atom is 1.00 e. The fourth-order valence-electron chi connectivity index (χ4n) is 6.53. The van der Waals surface area contributed by atoms with Gasteiger partial charge in [-0.2, -0.15) is 0 Å². The first-order valence-corrected chi connectivity index (χ1v) is 8.87. The zero-order valence-electron chi connectivity index (χ0n) is 15.4. The van der Waals surface area contributed by atoms with Crippen LogP contribution >= 0.6 is 0 Å². The van der Waals surface area contributed by atoms with Gasteiger partial charge in [0, 0.05) is 6.42 Å². The Morgan fingerprint density at radius 1 is 1.09 bits per heavy atom. The number of carbonyl (C=O) groups is 1. The Hall–Kier alpha value is 0.370. The third-order valence-electron chi connectivity index (χ3n) is 7.91. The van der Waals surface area contributed by atoms with Crippen LogP contribution in [0.25, 0.3) is 0 Å². The van der Waals surface area contributed by atoms with Crippen molar-refractivity contribution in [1.29, 1.82) is 0 Å². The molecule has 2 nitrogen and oxygen atoms in total. The average molecular weight is 312 g/mol. The molecule has 4 aliphatic rings. The molecule has 0 aromatic heterocycles. The van der Waals surface area contributed by atoms with Crippen LogP contribution < -0.4 is 29.6 Å². The van der Waals surface area contributed by atoms with E-state index in [4.69, 9.17) is 0 Å². The first kappa shape index (κ1) is 17.2. The number of fused-ring (bicyclic) bond motifs is 5. The molecule has 0 unspecified atom stereocenters. The molecule has 6 atom stereocenters. The first-order chi connectivity index (χ1) is 9.95. The fraction of sp³-hybridized carbons (Fsp3) is 0.842. The summed E-state index contributed by atoms with van der Waals surface area (Å²) < 4.78 is 0.